The van der Waals surface area contributed by atoms with E-state index in [1.165, 1.54) is 11.3 Å². The van der Waals surface area contributed by atoms with Crippen LogP contribution in [0.3, 0.4) is 0 Å². The highest BCUT2D eigenvalue weighted by Crippen LogP contribution is 2.30. The number of rotatable bonds is 4. The topological polar surface area (TPSA) is 52.1 Å². The third-order valence-corrected chi connectivity index (χ3v) is 4.21. The maximum atomic E-state index is 12.0. The van der Waals surface area contributed by atoms with E-state index in [0.29, 0.717) is 12.3 Å². The van der Waals surface area contributed by atoms with Crippen LogP contribution in [0.25, 0.3) is 10.7 Å². The number of nitrogens with zero attached hydrogens (tertiary/aromatic N) is 2. The Balaban J connectivity index is 2.28. The number of aromatic nitrogens is 2. The molecule has 0 aliphatic heterocycles. The molecule has 0 aliphatic carbocycles. The second kappa shape index (κ2) is 6.01. The van der Waals surface area contributed by atoms with E-state index < -0.39 is 5.41 Å². The van der Waals surface area contributed by atoms with Crippen LogP contribution in [0.2, 0.25) is 0 Å². The second-order valence-electron chi connectivity index (χ2n) is 4.75. The van der Waals surface area contributed by atoms with Crippen LogP contribution in [-0.2, 0) is 14.9 Å². The summed E-state index contributed by atoms with van der Waals surface area (Å²) in [4.78, 5) is 20.8. The molecule has 0 saturated heterocycles. The molecule has 0 aromatic carbocycles. The van der Waals surface area contributed by atoms with Crippen molar-refractivity contribution in [1.82, 2.24) is 9.97 Å². The molecule has 0 N–H and O–H groups in total. The number of thiazole rings is 1. The number of esters is 1. The SMILES string of the molecule is CCOC(=O)C(C)(C)c1csc(-c2ccc(Br)cn2)n1. The largest absolute Gasteiger partial charge is 0.465 e. The zero-order chi connectivity index (χ0) is 14.8. The van der Waals surface area contributed by atoms with E-state index in [9.17, 15) is 4.79 Å². The predicted octanol–water partition coefficient (Wildman–Crippen LogP) is 3.81. The summed E-state index contributed by atoms with van der Waals surface area (Å²) in [5, 5.41) is 2.68. The molecule has 4 nitrogen and oxygen atoms in total. The number of carbonyl (C=O) groups is 1. The fraction of sp³-hybridized carbons (Fsp3) is 0.357. The van der Waals surface area contributed by atoms with E-state index in [0.717, 1.165) is 15.2 Å². The molecule has 2 aromatic heterocycles. The third kappa shape index (κ3) is 3.07. The van der Waals surface area contributed by atoms with Crippen molar-refractivity contribution < 1.29 is 9.53 Å². The van der Waals surface area contributed by atoms with Crippen molar-refractivity contribution in [1.29, 1.82) is 0 Å². The minimum atomic E-state index is -0.750. The molecule has 0 atom stereocenters. The molecule has 106 valence electrons. The Hall–Kier alpha value is -1.27. The van der Waals surface area contributed by atoms with Crippen LogP contribution >= 0.6 is 27.3 Å². The lowest BCUT2D eigenvalue weighted by atomic mass is 9.90. The first kappa shape index (κ1) is 15.1. The van der Waals surface area contributed by atoms with Gasteiger partial charge in [0.25, 0.3) is 0 Å². The first-order valence-corrected chi connectivity index (χ1v) is 7.87. The summed E-state index contributed by atoms with van der Waals surface area (Å²) in [6, 6.07) is 3.81. The number of carbonyl (C=O) groups excluding carboxylic acids is 1. The zero-order valence-corrected chi connectivity index (χ0v) is 13.9. The summed E-state index contributed by atoms with van der Waals surface area (Å²) >= 11 is 4.82. The van der Waals surface area contributed by atoms with Crippen molar-refractivity contribution in [3.8, 4) is 10.7 Å². The summed E-state index contributed by atoms with van der Waals surface area (Å²) in [5.74, 6) is -0.263. The Kier molecular flexibility index (Phi) is 4.55. The van der Waals surface area contributed by atoms with Crippen molar-refractivity contribution in [3.05, 3.63) is 33.9 Å². The van der Waals surface area contributed by atoms with Crippen molar-refractivity contribution in [2.45, 2.75) is 26.2 Å². The van der Waals surface area contributed by atoms with E-state index in [2.05, 4.69) is 25.9 Å². The maximum absolute atomic E-state index is 12.0. The molecule has 2 rings (SSSR count). The van der Waals surface area contributed by atoms with E-state index in [4.69, 9.17) is 4.74 Å². The summed E-state index contributed by atoms with van der Waals surface area (Å²) in [7, 11) is 0. The van der Waals surface area contributed by atoms with Gasteiger partial charge in [-0.1, -0.05) is 0 Å². The minimum absolute atomic E-state index is 0.263. The maximum Gasteiger partial charge on any atom is 0.317 e. The van der Waals surface area contributed by atoms with Crippen LogP contribution in [-0.4, -0.2) is 22.5 Å². The Bertz CT molecular complexity index is 608. The molecule has 0 radical (unpaired) electrons. The van der Waals surface area contributed by atoms with Gasteiger partial charge in [0.15, 0.2) is 0 Å². The molecule has 2 aromatic rings. The molecule has 2 heterocycles. The standard InChI is InChI=1S/C14H15BrN2O2S/c1-4-19-13(18)14(2,3)11-8-20-12(17-11)10-6-5-9(15)7-16-10/h5-8H,4H2,1-3H3. The van der Waals surface area contributed by atoms with Crippen LogP contribution in [0.15, 0.2) is 28.2 Å². The summed E-state index contributed by atoms with van der Waals surface area (Å²) in [6.45, 7) is 5.80. The Morgan fingerprint density at radius 1 is 1.45 bits per heavy atom. The number of hydrogen-bond donors (Lipinski definition) is 0. The van der Waals surface area contributed by atoms with Crippen LogP contribution in [0, 0.1) is 0 Å². The van der Waals surface area contributed by atoms with Gasteiger partial charge in [0.2, 0.25) is 0 Å². The molecular weight excluding hydrogens is 340 g/mol. The van der Waals surface area contributed by atoms with Gasteiger partial charge in [-0.15, -0.1) is 11.3 Å². The van der Waals surface area contributed by atoms with Gasteiger partial charge < -0.3 is 4.74 Å². The lowest BCUT2D eigenvalue weighted by molar-refractivity contribution is -0.148. The Labute approximate surface area is 130 Å². The average molecular weight is 355 g/mol. The fourth-order valence-corrected chi connectivity index (χ4v) is 2.79. The first-order valence-electron chi connectivity index (χ1n) is 6.20. The molecule has 0 bridgehead atoms. The van der Waals surface area contributed by atoms with Gasteiger partial charge >= 0.3 is 5.97 Å². The van der Waals surface area contributed by atoms with Gasteiger partial charge in [-0.05, 0) is 48.8 Å². The van der Waals surface area contributed by atoms with Crippen molar-refractivity contribution in [2.75, 3.05) is 6.61 Å². The molecule has 6 heteroatoms. The number of halogens is 1. The van der Waals surface area contributed by atoms with Gasteiger partial charge in [0, 0.05) is 16.0 Å². The first-order chi connectivity index (χ1) is 9.45. The van der Waals surface area contributed by atoms with E-state index in [1.807, 2.05) is 31.4 Å². The second-order valence-corrected chi connectivity index (χ2v) is 6.52. The van der Waals surface area contributed by atoms with E-state index in [-0.39, 0.29) is 5.97 Å². The quantitative estimate of drug-likeness (QED) is 0.783. The number of pyridine rings is 1. The van der Waals surface area contributed by atoms with Gasteiger partial charge in [-0.25, -0.2) is 4.98 Å². The summed E-state index contributed by atoms with van der Waals surface area (Å²) in [6.07, 6.45) is 1.73. The zero-order valence-electron chi connectivity index (χ0n) is 11.5. The average Bonchev–Trinajstić information content (AvgIpc) is 2.90. The molecule has 0 fully saturated rings. The predicted molar refractivity (Wildman–Crippen MR) is 82.7 cm³/mol. The molecule has 0 saturated carbocycles. The highest BCUT2D eigenvalue weighted by Gasteiger charge is 2.34. The molecule has 0 unspecified atom stereocenters. The van der Waals surface area contributed by atoms with Crippen LogP contribution in [0.4, 0.5) is 0 Å². The molecule has 0 spiro atoms. The summed E-state index contributed by atoms with van der Waals surface area (Å²) in [5.41, 5.74) is 0.755. The summed E-state index contributed by atoms with van der Waals surface area (Å²) < 4.78 is 6.02. The third-order valence-electron chi connectivity index (χ3n) is 2.88. The van der Waals surface area contributed by atoms with Crippen LogP contribution in [0.1, 0.15) is 26.5 Å². The van der Waals surface area contributed by atoms with Crippen molar-refractivity contribution in [3.63, 3.8) is 0 Å². The fourth-order valence-electron chi connectivity index (χ4n) is 1.60. The smallest absolute Gasteiger partial charge is 0.317 e. The normalized spacial score (nSPS) is 11.4. The Morgan fingerprint density at radius 2 is 2.20 bits per heavy atom. The Morgan fingerprint density at radius 3 is 2.80 bits per heavy atom. The van der Waals surface area contributed by atoms with Gasteiger partial charge in [-0.3, -0.25) is 9.78 Å². The van der Waals surface area contributed by atoms with Gasteiger partial charge in [0.05, 0.1) is 18.0 Å². The van der Waals surface area contributed by atoms with E-state index >= 15 is 0 Å². The van der Waals surface area contributed by atoms with E-state index in [1.54, 1.807) is 13.1 Å². The molecular formula is C14H15BrN2O2S. The lowest BCUT2D eigenvalue weighted by Crippen LogP contribution is -2.31. The van der Waals surface area contributed by atoms with Gasteiger partial charge in [-0.2, -0.15) is 0 Å². The van der Waals surface area contributed by atoms with Gasteiger partial charge in [0.1, 0.15) is 10.4 Å². The van der Waals surface area contributed by atoms with Crippen molar-refractivity contribution in [2.24, 2.45) is 0 Å². The highest BCUT2D eigenvalue weighted by atomic mass is 79.9. The number of ether oxygens (including phenoxy) is 1. The molecule has 20 heavy (non-hydrogen) atoms. The number of hydrogen-bond acceptors (Lipinski definition) is 5. The lowest BCUT2D eigenvalue weighted by Gasteiger charge is -2.19. The highest BCUT2D eigenvalue weighted by molar-refractivity contribution is 9.10. The van der Waals surface area contributed by atoms with Crippen LogP contribution in [0.5, 0.6) is 0 Å². The van der Waals surface area contributed by atoms with Crippen molar-refractivity contribution >= 4 is 33.2 Å². The molecule has 0 amide bonds. The monoisotopic (exact) mass is 354 g/mol. The van der Waals surface area contributed by atoms with Crippen LogP contribution < -0.4 is 0 Å². The minimum Gasteiger partial charge on any atom is -0.465 e. The molecule has 0 aliphatic rings.